The van der Waals surface area contributed by atoms with Crippen molar-refractivity contribution in [1.29, 1.82) is 0 Å². The van der Waals surface area contributed by atoms with E-state index in [1.54, 1.807) is 6.92 Å². The average molecular weight is 428 g/mol. The molecule has 4 rings (SSSR count). The third kappa shape index (κ3) is 4.44. The number of nitrogens with one attached hydrogen (secondary N) is 1. The molecule has 0 unspecified atom stereocenters. The molecule has 2 aromatic carbocycles. The minimum atomic E-state index is -0.784. The highest BCUT2D eigenvalue weighted by Gasteiger charge is 2.15. The van der Waals surface area contributed by atoms with Crippen molar-refractivity contribution in [2.24, 2.45) is 0 Å². The Morgan fingerprint density at radius 1 is 1.13 bits per heavy atom. The summed E-state index contributed by atoms with van der Waals surface area (Å²) in [5.41, 5.74) is 0.512. The normalized spacial score (nSPS) is 11.0. The Bertz CT molecular complexity index is 1250. The van der Waals surface area contributed by atoms with E-state index in [1.807, 2.05) is 0 Å². The molecule has 31 heavy (non-hydrogen) atoms. The van der Waals surface area contributed by atoms with Gasteiger partial charge >= 0.3 is 0 Å². The van der Waals surface area contributed by atoms with Crippen LogP contribution >= 0.6 is 0 Å². The van der Waals surface area contributed by atoms with E-state index in [2.05, 4.69) is 25.8 Å². The zero-order chi connectivity index (χ0) is 22.0. The zero-order valence-corrected chi connectivity index (χ0v) is 16.1. The van der Waals surface area contributed by atoms with Crippen LogP contribution in [0.2, 0.25) is 0 Å². The molecule has 1 amide bonds. The molecule has 0 fully saturated rings. The lowest BCUT2D eigenvalue weighted by atomic mass is 10.2. The van der Waals surface area contributed by atoms with Crippen LogP contribution in [0, 0.1) is 24.4 Å². The van der Waals surface area contributed by atoms with Gasteiger partial charge in [-0.1, -0.05) is 0 Å². The van der Waals surface area contributed by atoms with E-state index in [1.165, 1.54) is 35.1 Å². The van der Waals surface area contributed by atoms with Gasteiger partial charge in [0.1, 0.15) is 17.5 Å². The number of carbonyl (C=O) groups excluding carboxylic acids is 1. The van der Waals surface area contributed by atoms with E-state index in [0.29, 0.717) is 11.5 Å². The molecule has 0 aliphatic heterocycles. The highest BCUT2D eigenvalue weighted by molar-refractivity contribution is 5.91. The third-order valence-electron chi connectivity index (χ3n) is 4.41. The predicted octanol–water partition coefficient (Wildman–Crippen LogP) is 3.61. The highest BCUT2D eigenvalue weighted by Crippen LogP contribution is 2.25. The number of oxazole rings is 1. The third-order valence-corrected chi connectivity index (χ3v) is 4.41. The highest BCUT2D eigenvalue weighted by atomic mass is 19.1. The first-order valence-electron chi connectivity index (χ1n) is 9.15. The summed E-state index contributed by atoms with van der Waals surface area (Å²) in [6.45, 7) is 1.68. The van der Waals surface area contributed by atoms with Gasteiger partial charge in [-0.3, -0.25) is 4.79 Å². The van der Waals surface area contributed by atoms with Crippen LogP contribution in [0.4, 0.5) is 18.9 Å². The van der Waals surface area contributed by atoms with E-state index in [-0.39, 0.29) is 35.7 Å². The van der Waals surface area contributed by atoms with E-state index in [9.17, 15) is 18.0 Å². The standard InChI is InChI=1S/C20H15F3N6O2/c1-11-26-27-28-29(11)13-3-5-15(22)17(9-13)25-19(30)6-7-20-24-10-18(31-20)14-4-2-12(21)8-16(14)23/h2-5,8-10H,6-7H2,1H3,(H,25,30). The lowest BCUT2D eigenvalue weighted by molar-refractivity contribution is -0.116. The zero-order valence-electron chi connectivity index (χ0n) is 16.1. The van der Waals surface area contributed by atoms with Crippen LogP contribution in [0.15, 0.2) is 47.0 Å². The number of halogens is 3. The fraction of sp³-hybridized carbons (Fsp3) is 0.150. The monoisotopic (exact) mass is 428 g/mol. The van der Waals surface area contributed by atoms with Crippen LogP contribution in [-0.2, 0) is 11.2 Å². The molecule has 0 saturated carbocycles. The maximum Gasteiger partial charge on any atom is 0.224 e. The molecule has 11 heteroatoms. The first-order valence-corrected chi connectivity index (χ1v) is 9.15. The SMILES string of the molecule is Cc1nnnn1-c1ccc(F)c(NC(=O)CCc2ncc(-c3ccc(F)cc3F)o2)c1. The number of rotatable bonds is 6. The number of nitrogens with zero attached hydrogens (tertiary/aromatic N) is 5. The Hall–Kier alpha value is -4.02. The van der Waals surface area contributed by atoms with E-state index in [4.69, 9.17) is 4.42 Å². The molecule has 0 atom stereocenters. The van der Waals surface area contributed by atoms with Crippen LogP contribution in [0.5, 0.6) is 0 Å². The molecule has 8 nitrogen and oxygen atoms in total. The molecular weight excluding hydrogens is 413 g/mol. The number of anilines is 1. The molecule has 0 bridgehead atoms. The minimum absolute atomic E-state index is 0.0288. The Balaban J connectivity index is 1.41. The van der Waals surface area contributed by atoms with Crippen molar-refractivity contribution in [3.05, 3.63) is 71.8 Å². The molecule has 0 radical (unpaired) electrons. The second-order valence-electron chi connectivity index (χ2n) is 6.59. The second-order valence-corrected chi connectivity index (χ2v) is 6.59. The van der Waals surface area contributed by atoms with Gasteiger partial charge in [0.25, 0.3) is 0 Å². The Kier molecular flexibility index (Phi) is 5.48. The first kappa shape index (κ1) is 20.3. The number of aromatic nitrogens is 5. The second kappa shape index (κ2) is 8.38. The maximum absolute atomic E-state index is 14.1. The van der Waals surface area contributed by atoms with Gasteiger partial charge in [-0.05, 0) is 47.7 Å². The molecule has 0 spiro atoms. The van der Waals surface area contributed by atoms with Gasteiger partial charge in [0.05, 0.1) is 23.1 Å². The Morgan fingerprint density at radius 3 is 2.71 bits per heavy atom. The van der Waals surface area contributed by atoms with Crippen molar-refractivity contribution < 1.29 is 22.4 Å². The number of hydrogen-bond acceptors (Lipinski definition) is 6. The van der Waals surface area contributed by atoms with Crippen molar-refractivity contribution >= 4 is 11.6 Å². The van der Waals surface area contributed by atoms with Crippen LogP contribution < -0.4 is 5.32 Å². The van der Waals surface area contributed by atoms with E-state index in [0.717, 1.165) is 12.1 Å². The fourth-order valence-electron chi connectivity index (χ4n) is 2.88. The number of benzene rings is 2. The Morgan fingerprint density at radius 2 is 1.97 bits per heavy atom. The molecular formula is C20H15F3N6O2. The molecule has 158 valence electrons. The molecule has 0 saturated heterocycles. The summed E-state index contributed by atoms with van der Waals surface area (Å²) in [6.07, 6.45) is 1.34. The van der Waals surface area contributed by atoms with Crippen LogP contribution in [-0.4, -0.2) is 31.1 Å². The van der Waals surface area contributed by atoms with E-state index >= 15 is 0 Å². The van der Waals surface area contributed by atoms with E-state index < -0.39 is 23.4 Å². The van der Waals surface area contributed by atoms with Gasteiger partial charge in [0.2, 0.25) is 5.91 Å². The number of carbonyl (C=O) groups is 1. The number of hydrogen-bond donors (Lipinski definition) is 1. The predicted molar refractivity (Wildman–Crippen MR) is 103 cm³/mol. The quantitative estimate of drug-likeness (QED) is 0.504. The van der Waals surface area contributed by atoms with Crippen molar-refractivity contribution in [1.82, 2.24) is 25.2 Å². The van der Waals surface area contributed by atoms with Crippen LogP contribution in [0.1, 0.15) is 18.1 Å². The molecule has 2 heterocycles. The van der Waals surface area contributed by atoms with Gasteiger partial charge in [-0.15, -0.1) is 5.10 Å². The lowest BCUT2D eigenvalue weighted by Crippen LogP contribution is -2.14. The van der Waals surface area contributed by atoms with Gasteiger partial charge in [0.15, 0.2) is 17.5 Å². The average Bonchev–Trinajstić information content (AvgIpc) is 3.37. The number of amides is 1. The summed E-state index contributed by atoms with van der Waals surface area (Å²) in [4.78, 5) is 16.3. The molecule has 0 aliphatic rings. The molecule has 4 aromatic rings. The summed E-state index contributed by atoms with van der Waals surface area (Å²) >= 11 is 0. The number of tetrazole rings is 1. The number of aryl methyl sites for hydroxylation is 2. The van der Waals surface area contributed by atoms with Crippen molar-refractivity contribution in [3.63, 3.8) is 0 Å². The largest absolute Gasteiger partial charge is 0.441 e. The molecule has 2 aromatic heterocycles. The maximum atomic E-state index is 14.1. The van der Waals surface area contributed by atoms with Gasteiger partial charge < -0.3 is 9.73 Å². The Labute approximate surface area is 173 Å². The smallest absolute Gasteiger partial charge is 0.224 e. The van der Waals surface area contributed by atoms with Crippen molar-refractivity contribution in [3.8, 4) is 17.0 Å². The van der Waals surface area contributed by atoms with Gasteiger partial charge in [0, 0.05) is 18.9 Å². The molecule has 1 N–H and O–H groups in total. The minimum Gasteiger partial charge on any atom is -0.441 e. The van der Waals surface area contributed by atoms with Gasteiger partial charge in [-0.2, -0.15) is 4.68 Å². The van der Waals surface area contributed by atoms with Gasteiger partial charge in [-0.25, -0.2) is 18.2 Å². The topological polar surface area (TPSA) is 98.7 Å². The summed E-state index contributed by atoms with van der Waals surface area (Å²) in [5, 5.41) is 13.6. The molecule has 0 aliphatic carbocycles. The van der Waals surface area contributed by atoms with Crippen LogP contribution in [0.3, 0.4) is 0 Å². The van der Waals surface area contributed by atoms with Crippen molar-refractivity contribution in [2.75, 3.05) is 5.32 Å². The van der Waals surface area contributed by atoms with Crippen LogP contribution in [0.25, 0.3) is 17.0 Å². The summed E-state index contributed by atoms with van der Waals surface area (Å²) < 4.78 is 47.9. The summed E-state index contributed by atoms with van der Waals surface area (Å²) in [6, 6.07) is 7.18. The first-order chi connectivity index (χ1) is 14.9. The summed E-state index contributed by atoms with van der Waals surface area (Å²) in [5.74, 6) is -1.78. The van der Waals surface area contributed by atoms with Crippen molar-refractivity contribution in [2.45, 2.75) is 19.8 Å². The lowest BCUT2D eigenvalue weighted by Gasteiger charge is -2.08. The summed E-state index contributed by atoms with van der Waals surface area (Å²) in [7, 11) is 0. The fourth-order valence-corrected chi connectivity index (χ4v) is 2.88.